The molecule has 0 spiro atoms. The molecule has 8 rings (SSSR count). The highest BCUT2D eigenvalue weighted by atomic mass is 127. The third-order valence-electron chi connectivity index (χ3n) is 8.56. The molecule has 54 heavy (non-hydrogen) atoms. The molecule has 280 valence electrons. The first-order chi connectivity index (χ1) is 25.7. The number of nitrogens with zero attached hydrogens (tertiary/aromatic N) is 4. The number of fused-ring (bicyclic) bond motifs is 2. The Labute approximate surface area is 347 Å². The van der Waals surface area contributed by atoms with Crippen molar-refractivity contribution in [3.05, 3.63) is 146 Å². The number of benzene rings is 4. The highest BCUT2D eigenvalue weighted by Crippen LogP contribution is 2.40. The number of alkyl halides is 1. The first kappa shape index (κ1) is 40.9. The van der Waals surface area contributed by atoms with Crippen LogP contribution >= 0.6 is 22.6 Å². The van der Waals surface area contributed by atoms with Crippen molar-refractivity contribution in [3.8, 4) is 11.5 Å². The van der Waals surface area contributed by atoms with Crippen molar-refractivity contribution < 1.29 is 54.9 Å². The van der Waals surface area contributed by atoms with Crippen LogP contribution in [0.3, 0.4) is 0 Å². The molecular formula is C40H38I2N4O6S2. The molecular weight excluding hydrogens is 950 g/mol. The van der Waals surface area contributed by atoms with E-state index in [4.69, 9.17) is 9.47 Å². The van der Waals surface area contributed by atoms with Crippen LogP contribution in [0.4, 0.5) is 22.7 Å². The van der Waals surface area contributed by atoms with Gasteiger partial charge >= 0.3 is 0 Å². The van der Waals surface area contributed by atoms with E-state index in [2.05, 4.69) is 37.4 Å². The largest absolute Gasteiger partial charge is 1.00 e. The molecule has 4 heterocycles. The van der Waals surface area contributed by atoms with Crippen LogP contribution in [-0.4, -0.2) is 53.1 Å². The van der Waals surface area contributed by atoms with Crippen LogP contribution in [0, 0.1) is 0 Å². The van der Waals surface area contributed by atoms with Gasteiger partial charge < -0.3 is 43.3 Å². The Morgan fingerprint density at radius 1 is 0.574 bits per heavy atom. The molecule has 6 aromatic rings. The second kappa shape index (κ2) is 18.4. The van der Waals surface area contributed by atoms with Crippen molar-refractivity contribution in [1.29, 1.82) is 0 Å². The number of rotatable bonds is 6. The predicted octanol–water partition coefficient (Wildman–Crippen LogP) is 4.37. The molecule has 0 unspecified atom stereocenters. The fourth-order valence-corrected chi connectivity index (χ4v) is 8.53. The molecule has 4 aromatic carbocycles. The molecule has 0 fully saturated rings. The molecule has 2 aliphatic rings. The van der Waals surface area contributed by atoms with Crippen LogP contribution in [0.25, 0.3) is 0 Å². The third-order valence-corrected chi connectivity index (χ3v) is 12.1. The summed E-state index contributed by atoms with van der Waals surface area (Å²) >= 11 is 2.15. The first-order valence-electron chi connectivity index (χ1n) is 16.6. The van der Waals surface area contributed by atoms with Gasteiger partial charge in [-0.2, -0.15) is 0 Å². The number of aromatic nitrogens is 2. The van der Waals surface area contributed by atoms with Crippen LogP contribution in [0.15, 0.2) is 166 Å². The topological polar surface area (TPSA) is 110 Å². The fraction of sp³-hybridized carbons (Fsp3) is 0.150. The number of anilines is 4. The quantitative estimate of drug-likeness (QED) is 0.137. The summed E-state index contributed by atoms with van der Waals surface area (Å²) in [5, 5.41) is 0. The minimum absolute atomic E-state index is 0. The molecule has 0 saturated heterocycles. The van der Waals surface area contributed by atoms with Crippen molar-refractivity contribution in [1.82, 2.24) is 4.98 Å². The van der Waals surface area contributed by atoms with E-state index in [1.54, 1.807) is 103 Å². The highest BCUT2D eigenvalue weighted by molar-refractivity contribution is 14.1. The fourth-order valence-electron chi connectivity index (χ4n) is 5.94. The van der Waals surface area contributed by atoms with Gasteiger partial charge in [-0.25, -0.2) is 21.4 Å². The lowest BCUT2D eigenvalue weighted by Crippen LogP contribution is -3.00. The SMILES string of the molecule is CI.C[n+]1ccc(N2CCOc3cc(S(=O)(=O)c4ccccc4)ccc32)cc1.O=S(=O)(c1ccccc1)c1ccc2c(c1)OCCN2c1ccncc1.[I-]. The number of pyridine rings is 2. The Morgan fingerprint density at radius 2 is 0.981 bits per heavy atom. The van der Waals surface area contributed by atoms with Crippen molar-refractivity contribution in [2.75, 3.05) is 41.0 Å². The van der Waals surface area contributed by atoms with Crippen molar-refractivity contribution >= 4 is 65.0 Å². The van der Waals surface area contributed by atoms with Crippen LogP contribution in [0.2, 0.25) is 0 Å². The summed E-state index contributed by atoms with van der Waals surface area (Å²) in [7, 11) is -5.16. The second-order valence-corrected chi connectivity index (χ2v) is 15.7. The Hall–Kier alpha value is -4.26. The summed E-state index contributed by atoms with van der Waals surface area (Å²) in [5.41, 5.74) is 3.77. The predicted molar refractivity (Wildman–Crippen MR) is 213 cm³/mol. The zero-order valence-corrected chi connectivity index (χ0v) is 35.4. The first-order valence-corrected chi connectivity index (χ1v) is 21.8. The Kier molecular flexibility index (Phi) is 13.9. The molecule has 0 aliphatic carbocycles. The van der Waals surface area contributed by atoms with Crippen molar-refractivity contribution in [2.45, 2.75) is 19.6 Å². The zero-order valence-electron chi connectivity index (χ0n) is 29.5. The molecule has 10 nitrogen and oxygen atoms in total. The molecule has 2 aliphatic heterocycles. The van der Waals surface area contributed by atoms with Crippen LogP contribution < -0.4 is 47.8 Å². The summed E-state index contributed by atoms with van der Waals surface area (Å²) in [4.78, 5) is 11.3. The molecule has 0 amide bonds. The van der Waals surface area contributed by atoms with Gasteiger partial charge in [0.05, 0.1) is 49.7 Å². The average molecular weight is 989 g/mol. The average Bonchev–Trinajstić information content (AvgIpc) is 3.22. The van der Waals surface area contributed by atoms with E-state index in [0.717, 1.165) is 22.7 Å². The minimum Gasteiger partial charge on any atom is -1.00 e. The van der Waals surface area contributed by atoms with Gasteiger partial charge in [-0.15, -0.1) is 0 Å². The van der Waals surface area contributed by atoms with Crippen molar-refractivity contribution in [3.63, 3.8) is 0 Å². The van der Waals surface area contributed by atoms with Gasteiger partial charge in [-0.3, -0.25) is 4.98 Å². The van der Waals surface area contributed by atoms with Crippen LogP contribution in [0.5, 0.6) is 11.5 Å². The van der Waals surface area contributed by atoms with E-state index >= 15 is 0 Å². The van der Waals surface area contributed by atoms with E-state index in [1.165, 1.54) is 0 Å². The summed E-state index contributed by atoms with van der Waals surface area (Å²) in [6, 6.07) is 34.9. The van der Waals surface area contributed by atoms with E-state index in [0.29, 0.717) is 37.8 Å². The summed E-state index contributed by atoms with van der Waals surface area (Å²) in [6.45, 7) is 2.40. The van der Waals surface area contributed by atoms with Gasteiger partial charge in [0.25, 0.3) is 0 Å². The zero-order chi connectivity index (χ0) is 37.4. The Balaban J connectivity index is 0.000000195. The maximum atomic E-state index is 12.8. The molecule has 0 atom stereocenters. The van der Waals surface area contributed by atoms with E-state index in [-0.39, 0.29) is 43.6 Å². The van der Waals surface area contributed by atoms with Gasteiger partial charge in [-0.05, 0) is 65.6 Å². The van der Waals surface area contributed by atoms with E-state index in [9.17, 15) is 16.8 Å². The van der Waals surface area contributed by atoms with Gasteiger partial charge in [0.1, 0.15) is 31.8 Å². The van der Waals surface area contributed by atoms with Gasteiger partial charge in [0.15, 0.2) is 12.4 Å². The Bertz CT molecular complexity index is 2370. The minimum atomic E-state index is -3.56. The second-order valence-electron chi connectivity index (χ2n) is 11.8. The summed E-state index contributed by atoms with van der Waals surface area (Å²) in [6.07, 6.45) is 7.44. The number of hydrogen-bond donors (Lipinski definition) is 0. The number of ether oxygens (including phenoxy) is 2. The molecule has 0 N–H and O–H groups in total. The number of halogens is 2. The van der Waals surface area contributed by atoms with E-state index < -0.39 is 19.7 Å². The highest BCUT2D eigenvalue weighted by Gasteiger charge is 2.26. The number of sulfone groups is 2. The molecule has 2 aromatic heterocycles. The molecule has 14 heteroatoms. The molecule has 0 bridgehead atoms. The smallest absolute Gasteiger partial charge is 0.206 e. The number of hydrogen-bond acceptors (Lipinski definition) is 9. The van der Waals surface area contributed by atoms with Crippen LogP contribution in [0.1, 0.15) is 0 Å². The summed E-state index contributed by atoms with van der Waals surface area (Å²) < 4.78 is 64.7. The van der Waals surface area contributed by atoms with Crippen LogP contribution in [-0.2, 0) is 26.7 Å². The maximum absolute atomic E-state index is 12.8. The van der Waals surface area contributed by atoms with Gasteiger partial charge in [0.2, 0.25) is 19.7 Å². The lowest BCUT2D eigenvalue weighted by atomic mass is 10.2. The molecule has 0 radical (unpaired) electrons. The normalized spacial score (nSPS) is 13.2. The Morgan fingerprint density at radius 3 is 1.41 bits per heavy atom. The standard InChI is InChI=1S/C20H19N2O3S.C19H16N2O3S.CH3I.HI/c1-21-11-9-16(10-12-21)22-13-14-25-20-15-18(7-8-19(20)22)26(23,24)17-5-3-2-4-6-17;22-25(23,16-4-2-1-3-5-16)17-6-7-18-19(14-17)24-13-12-21(18)15-8-10-20-11-9-15;1-2;/h2-12,15H,13-14H2,1H3;1-11,14H,12-13H2;1H3;1H/q+1;;;/p-1. The number of aryl methyl sites for hydroxylation is 1. The summed E-state index contributed by atoms with van der Waals surface area (Å²) in [5.74, 6) is 1.15. The third kappa shape index (κ3) is 8.98. The lowest BCUT2D eigenvalue weighted by Gasteiger charge is -2.31. The molecule has 0 saturated carbocycles. The lowest BCUT2D eigenvalue weighted by molar-refractivity contribution is -0.671. The van der Waals surface area contributed by atoms with Gasteiger partial charge in [0, 0.05) is 42.3 Å². The van der Waals surface area contributed by atoms with Gasteiger partial charge in [-0.1, -0.05) is 59.0 Å². The monoisotopic (exact) mass is 988 g/mol. The van der Waals surface area contributed by atoms with Crippen molar-refractivity contribution in [2.24, 2.45) is 7.05 Å². The maximum Gasteiger partial charge on any atom is 0.206 e. The van der Waals surface area contributed by atoms with E-state index in [1.807, 2.05) is 59.3 Å².